The summed E-state index contributed by atoms with van der Waals surface area (Å²) in [4.78, 5) is 14.1. The summed E-state index contributed by atoms with van der Waals surface area (Å²) in [6, 6.07) is 8.05. The third kappa shape index (κ3) is 3.80. The zero-order valence-corrected chi connectivity index (χ0v) is 12.0. The SMILES string of the molecule is C[C@@H]1CNCCN1CC(=O)Nc1cccc(Br)c1. The van der Waals surface area contributed by atoms with Gasteiger partial charge in [-0.25, -0.2) is 0 Å². The highest BCUT2D eigenvalue weighted by atomic mass is 79.9. The Labute approximate surface area is 116 Å². The van der Waals surface area contributed by atoms with Crippen molar-refractivity contribution in [3.05, 3.63) is 28.7 Å². The Balaban J connectivity index is 1.88. The molecule has 18 heavy (non-hydrogen) atoms. The molecule has 1 aromatic carbocycles. The number of hydrogen-bond acceptors (Lipinski definition) is 3. The van der Waals surface area contributed by atoms with Crippen molar-refractivity contribution in [3.63, 3.8) is 0 Å². The van der Waals surface area contributed by atoms with Gasteiger partial charge in [-0.2, -0.15) is 0 Å². The molecular formula is C13H18BrN3O. The molecule has 1 aliphatic rings. The van der Waals surface area contributed by atoms with Crippen molar-refractivity contribution in [2.75, 3.05) is 31.5 Å². The average molecular weight is 312 g/mol. The van der Waals surface area contributed by atoms with E-state index < -0.39 is 0 Å². The van der Waals surface area contributed by atoms with Gasteiger partial charge in [-0.05, 0) is 25.1 Å². The fourth-order valence-corrected chi connectivity index (χ4v) is 2.47. The van der Waals surface area contributed by atoms with Gasteiger partial charge in [-0.3, -0.25) is 9.69 Å². The van der Waals surface area contributed by atoms with Crippen molar-refractivity contribution in [1.82, 2.24) is 10.2 Å². The normalized spacial score (nSPS) is 20.7. The van der Waals surface area contributed by atoms with Gasteiger partial charge in [-0.15, -0.1) is 0 Å². The summed E-state index contributed by atoms with van der Waals surface area (Å²) in [7, 11) is 0. The Morgan fingerprint density at radius 2 is 2.44 bits per heavy atom. The fraction of sp³-hybridized carbons (Fsp3) is 0.462. The Bertz CT molecular complexity index is 424. The van der Waals surface area contributed by atoms with E-state index in [1.807, 2.05) is 24.3 Å². The number of carbonyl (C=O) groups excluding carboxylic acids is 1. The van der Waals surface area contributed by atoms with Gasteiger partial charge >= 0.3 is 0 Å². The van der Waals surface area contributed by atoms with Gasteiger partial charge < -0.3 is 10.6 Å². The second kappa shape index (κ2) is 6.31. The molecule has 1 heterocycles. The van der Waals surface area contributed by atoms with Crippen LogP contribution in [-0.2, 0) is 4.79 Å². The first-order valence-electron chi connectivity index (χ1n) is 6.15. The van der Waals surface area contributed by atoms with Crippen LogP contribution >= 0.6 is 15.9 Å². The van der Waals surface area contributed by atoms with Gasteiger partial charge in [-0.1, -0.05) is 22.0 Å². The minimum absolute atomic E-state index is 0.0434. The van der Waals surface area contributed by atoms with Gasteiger partial charge in [0.25, 0.3) is 0 Å². The maximum Gasteiger partial charge on any atom is 0.238 e. The Hall–Kier alpha value is -0.910. The average Bonchev–Trinajstić information content (AvgIpc) is 2.32. The highest BCUT2D eigenvalue weighted by Crippen LogP contribution is 2.15. The quantitative estimate of drug-likeness (QED) is 0.892. The van der Waals surface area contributed by atoms with Crippen LogP contribution in [-0.4, -0.2) is 43.0 Å². The third-order valence-electron chi connectivity index (χ3n) is 3.09. The summed E-state index contributed by atoms with van der Waals surface area (Å²) in [6.45, 7) is 5.42. The number of amides is 1. The van der Waals surface area contributed by atoms with E-state index in [2.05, 4.69) is 38.4 Å². The molecule has 1 fully saturated rings. The standard InChI is InChI=1S/C13H18BrN3O/c1-10-8-15-5-6-17(10)9-13(18)16-12-4-2-3-11(14)7-12/h2-4,7,10,15H,5-6,8-9H2,1H3,(H,16,18)/t10-/m1/s1. The van der Waals surface area contributed by atoms with E-state index >= 15 is 0 Å². The first kappa shape index (κ1) is 13.5. The highest BCUT2D eigenvalue weighted by molar-refractivity contribution is 9.10. The van der Waals surface area contributed by atoms with Gasteiger partial charge in [0.2, 0.25) is 5.91 Å². The zero-order chi connectivity index (χ0) is 13.0. The number of carbonyl (C=O) groups is 1. The van der Waals surface area contributed by atoms with Crippen molar-refractivity contribution in [3.8, 4) is 0 Å². The van der Waals surface area contributed by atoms with E-state index in [9.17, 15) is 4.79 Å². The molecular weight excluding hydrogens is 294 g/mol. The van der Waals surface area contributed by atoms with Crippen LogP contribution in [0.15, 0.2) is 28.7 Å². The van der Waals surface area contributed by atoms with E-state index in [-0.39, 0.29) is 5.91 Å². The van der Waals surface area contributed by atoms with Crippen LogP contribution < -0.4 is 10.6 Å². The van der Waals surface area contributed by atoms with Crippen molar-refractivity contribution in [2.24, 2.45) is 0 Å². The molecule has 1 saturated heterocycles. The number of piperazine rings is 1. The lowest BCUT2D eigenvalue weighted by Gasteiger charge is -2.33. The highest BCUT2D eigenvalue weighted by Gasteiger charge is 2.20. The molecule has 0 saturated carbocycles. The number of hydrogen-bond donors (Lipinski definition) is 2. The molecule has 4 nitrogen and oxygen atoms in total. The van der Waals surface area contributed by atoms with Crippen molar-refractivity contribution >= 4 is 27.5 Å². The lowest BCUT2D eigenvalue weighted by molar-refractivity contribution is -0.118. The molecule has 0 bridgehead atoms. The molecule has 2 rings (SSSR count). The Morgan fingerprint density at radius 3 is 3.17 bits per heavy atom. The second-order valence-electron chi connectivity index (χ2n) is 4.58. The van der Waals surface area contributed by atoms with E-state index in [4.69, 9.17) is 0 Å². The van der Waals surface area contributed by atoms with E-state index in [0.29, 0.717) is 12.6 Å². The molecule has 1 atom stereocenters. The first-order valence-corrected chi connectivity index (χ1v) is 6.94. The van der Waals surface area contributed by atoms with Crippen LogP contribution in [0.2, 0.25) is 0 Å². The Morgan fingerprint density at radius 1 is 1.61 bits per heavy atom. The van der Waals surface area contributed by atoms with E-state index in [0.717, 1.165) is 29.8 Å². The van der Waals surface area contributed by atoms with Gasteiger partial charge in [0, 0.05) is 35.8 Å². The second-order valence-corrected chi connectivity index (χ2v) is 5.50. The monoisotopic (exact) mass is 311 g/mol. The predicted octanol–water partition coefficient (Wildman–Crippen LogP) is 1.68. The van der Waals surface area contributed by atoms with Crippen LogP contribution in [0.25, 0.3) is 0 Å². The molecule has 5 heteroatoms. The van der Waals surface area contributed by atoms with E-state index in [1.54, 1.807) is 0 Å². The van der Waals surface area contributed by atoms with Crippen LogP contribution in [0.1, 0.15) is 6.92 Å². The summed E-state index contributed by atoms with van der Waals surface area (Å²) in [5.74, 6) is 0.0434. The number of anilines is 1. The van der Waals surface area contributed by atoms with Crippen LogP contribution in [0.4, 0.5) is 5.69 Å². The predicted molar refractivity (Wildman–Crippen MR) is 76.7 cm³/mol. The number of benzene rings is 1. The lowest BCUT2D eigenvalue weighted by atomic mass is 10.2. The van der Waals surface area contributed by atoms with Gasteiger partial charge in [0.1, 0.15) is 0 Å². The largest absolute Gasteiger partial charge is 0.325 e. The maximum atomic E-state index is 11.9. The van der Waals surface area contributed by atoms with E-state index in [1.165, 1.54) is 0 Å². The summed E-state index contributed by atoms with van der Waals surface area (Å²) in [5, 5.41) is 6.23. The van der Waals surface area contributed by atoms with Gasteiger partial charge in [0.15, 0.2) is 0 Å². The minimum Gasteiger partial charge on any atom is -0.325 e. The summed E-state index contributed by atoms with van der Waals surface area (Å²) in [6.07, 6.45) is 0. The molecule has 1 aliphatic heterocycles. The molecule has 1 aromatic rings. The van der Waals surface area contributed by atoms with Gasteiger partial charge in [0.05, 0.1) is 6.54 Å². The molecule has 0 aromatic heterocycles. The van der Waals surface area contributed by atoms with Crippen molar-refractivity contribution in [2.45, 2.75) is 13.0 Å². The molecule has 1 amide bonds. The first-order chi connectivity index (χ1) is 8.65. The smallest absolute Gasteiger partial charge is 0.238 e. The third-order valence-corrected chi connectivity index (χ3v) is 3.59. The molecule has 0 radical (unpaired) electrons. The summed E-state index contributed by atoms with van der Waals surface area (Å²) >= 11 is 3.39. The van der Waals surface area contributed by atoms with Crippen molar-refractivity contribution in [1.29, 1.82) is 0 Å². The number of halogens is 1. The van der Waals surface area contributed by atoms with Crippen LogP contribution in [0.5, 0.6) is 0 Å². The molecule has 98 valence electrons. The van der Waals surface area contributed by atoms with Crippen LogP contribution in [0, 0.1) is 0 Å². The summed E-state index contributed by atoms with van der Waals surface area (Å²) in [5.41, 5.74) is 0.831. The number of nitrogens with one attached hydrogen (secondary N) is 2. The Kier molecular flexibility index (Phi) is 4.74. The lowest BCUT2D eigenvalue weighted by Crippen LogP contribution is -2.51. The number of nitrogens with zero attached hydrogens (tertiary/aromatic N) is 1. The summed E-state index contributed by atoms with van der Waals surface area (Å²) < 4.78 is 0.968. The number of rotatable bonds is 3. The van der Waals surface area contributed by atoms with Crippen molar-refractivity contribution < 1.29 is 4.79 Å². The fourth-order valence-electron chi connectivity index (χ4n) is 2.07. The minimum atomic E-state index is 0.0434. The maximum absolute atomic E-state index is 11.9. The topological polar surface area (TPSA) is 44.4 Å². The molecule has 0 spiro atoms. The molecule has 0 aliphatic carbocycles. The zero-order valence-electron chi connectivity index (χ0n) is 10.4. The molecule has 0 unspecified atom stereocenters. The molecule has 2 N–H and O–H groups in total. The van der Waals surface area contributed by atoms with Crippen LogP contribution in [0.3, 0.4) is 0 Å².